The van der Waals surface area contributed by atoms with Crippen molar-refractivity contribution in [2.45, 2.75) is 12.8 Å². The second kappa shape index (κ2) is 6.47. The van der Waals surface area contributed by atoms with Gasteiger partial charge in [0.1, 0.15) is 5.82 Å². The zero-order valence-corrected chi connectivity index (χ0v) is 11.9. The van der Waals surface area contributed by atoms with Crippen LogP contribution < -0.4 is 0 Å². The Hall–Kier alpha value is -1.24. The van der Waals surface area contributed by atoms with Crippen molar-refractivity contribution in [3.63, 3.8) is 0 Å². The molecule has 1 heterocycles. The third-order valence-corrected chi connectivity index (χ3v) is 4.19. The van der Waals surface area contributed by atoms with E-state index < -0.39 is 10.1 Å². The van der Waals surface area contributed by atoms with Gasteiger partial charge in [0.05, 0.1) is 5.75 Å². The Morgan fingerprint density at radius 3 is 2.50 bits per heavy atom. The van der Waals surface area contributed by atoms with Crippen LogP contribution >= 0.6 is 0 Å². The molecule has 1 aliphatic heterocycles. The highest BCUT2D eigenvalue weighted by atomic mass is 32.2. The average Bonchev–Trinajstić information content (AvgIpc) is 2.39. The zero-order valence-electron chi connectivity index (χ0n) is 11.1. The number of benzene rings is 1. The van der Waals surface area contributed by atoms with Crippen LogP contribution in [0.1, 0.15) is 18.4 Å². The molecular weight excluding hydrogens is 281 g/mol. The van der Waals surface area contributed by atoms with Crippen molar-refractivity contribution in [1.29, 1.82) is 0 Å². The highest BCUT2D eigenvalue weighted by molar-refractivity contribution is 7.85. The quantitative estimate of drug-likeness (QED) is 0.847. The Morgan fingerprint density at radius 2 is 1.95 bits per heavy atom. The predicted molar refractivity (Wildman–Crippen MR) is 76.5 cm³/mol. The van der Waals surface area contributed by atoms with E-state index in [1.807, 2.05) is 0 Å². The lowest BCUT2D eigenvalue weighted by atomic mass is 9.99. The molecule has 0 aromatic heterocycles. The van der Waals surface area contributed by atoms with Crippen LogP contribution in [0.5, 0.6) is 0 Å². The fourth-order valence-corrected chi connectivity index (χ4v) is 2.80. The lowest BCUT2D eigenvalue weighted by molar-refractivity contribution is 0.302. The van der Waals surface area contributed by atoms with Gasteiger partial charge in [-0.3, -0.25) is 9.45 Å². The van der Waals surface area contributed by atoms with E-state index in [-0.39, 0.29) is 11.6 Å². The fourth-order valence-electron chi connectivity index (χ4n) is 2.31. The summed E-state index contributed by atoms with van der Waals surface area (Å²) in [4.78, 5) is 2.14. The molecule has 0 amide bonds. The van der Waals surface area contributed by atoms with Crippen molar-refractivity contribution < 1.29 is 17.4 Å². The molecule has 2 rings (SSSR count). The van der Waals surface area contributed by atoms with Crippen LogP contribution in [0, 0.1) is 5.82 Å². The van der Waals surface area contributed by atoms with Crippen LogP contribution in [0.2, 0.25) is 0 Å². The molecule has 0 unspecified atom stereocenters. The highest BCUT2D eigenvalue weighted by Gasteiger charge is 2.13. The molecule has 0 saturated heterocycles. The Morgan fingerprint density at radius 1 is 1.25 bits per heavy atom. The van der Waals surface area contributed by atoms with Gasteiger partial charge >= 0.3 is 0 Å². The van der Waals surface area contributed by atoms with Gasteiger partial charge in [-0.05, 0) is 42.7 Å². The van der Waals surface area contributed by atoms with Gasteiger partial charge in [0.2, 0.25) is 0 Å². The van der Waals surface area contributed by atoms with Crippen LogP contribution in [-0.2, 0) is 10.1 Å². The summed E-state index contributed by atoms with van der Waals surface area (Å²) in [5, 5.41) is 0. The molecule has 0 aliphatic carbocycles. The maximum atomic E-state index is 12.9. The fraction of sp³-hybridized carbons (Fsp3) is 0.429. The molecule has 1 aliphatic rings. The maximum Gasteiger partial charge on any atom is 0.264 e. The Labute approximate surface area is 118 Å². The highest BCUT2D eigenvalue weighted by Crippen LogP contribution is 2.22. The van der Waals surface area contributed by atoms with Crippen molar-refractivity contribution in [3.05, 3.63) is 41.7 Å². The number of hydrogen-bond acceptors (Lipinski definition) is 3. The monoisotopic (exact) mass is 299 g/mol. The average molecular weight is 299 g/mol. The van der Waals surface area contributed by atoms with Gasteiger partial charge in [0, 0.05) is 13.1 Å². The molecule has 0 bridgehead atoms. The van der Waals surface area contributed by atoms with Gasteiger partial charge < -0.3 is 0 Å². The zero-order chi connectivity index (χ0) is 14.6. The van der Waals surface area contributed by atoms with E-state index in [0.717, 1.165) is 25.1 Å². The summed E-state index contributed by atoms with van der Waals surface area (Å²) in [6, 6.07) is 6.45. The lowest BCUT2D eigenvalue weighted by Crippen LogP contribution is -2.30. The minimum Gasteiger partial charge on any atom is -0.299 e. The smallest absolute Gasteiger partial charge is 0.264 e. The van der Waals surface area contributed by atoms with Gasteiger partial charge in [-0.2, -0.15) is 8.42 Å². The van der Waals surface area contributed by atoms with E-state index in [1.165, 1.54) is 17.7 Å². The van der Waals surface area contributed by atoms with Gasteiger partial charge in [0.15, 0.2) is 0 Å². The molecule has 0 atom stereocenters. The van der Waals surface area contributed by atoms with E-state index in [2.05, 4.69) is 11.0 Å². The van der Waals surface area contributed by atoms with Crippen LogP contribution in [0.4, 0.5) is 4.39 Å². The standard InChI is InChI=1S/C14H18FNO3S/c15-14-4-2-12(3-5-14)13-6-9-16(10-7-13)8-1-11-20(17,18)19/h2-6H,1,7-11H2,(H,17,18,19). The molecule has 0 fully saturated rings. The Kier molecular flexibility index (Phi) is 4.91. The number of rotatable bonds is 5. The minimum atomic E-state index is -3.86. The lowest BCUT2D eigenvalue weighted by Gasteiger charge is -2.26. The number of halogens is 1. The second-order valence-electron chi connectivity index (χ2n) is 4.93. The van der Waals surface area contributed by atoms with E-state index in [9.17, 15) is 12.8 Å². The minimum absolute atomic E-state index is 0.196. The second-order valence-corrected chi connectivity index (χ2v) is 6.50. The molecule has 4 nitrogen and oxygen atoms in total. The first kappa shape index (κ1) is 15.2. The van der Waals surface area contributed by atoms with Crippen LogP contribution in [0.3, 0.4) is 0 Å². The SMILES string of the molecule is O=S(=O)(O)CCCN1CC=C(c2ccc(F)cc2)CC1. The summed E-state index contributed by atoms with van der Waals surface area (Å²) in [7, 11) is -3.86. The topological polar surface area (TPSA) is 57.6 Å². The van der Waals surface area contributed by atoms with Crippen molar-refractivity contribution in [3.8, 4) is 0 Å². The first-order valence-corrected chi connectivity index (χ1v) is 8.17. The molecule has 20 heavy (non-hydrogen) atoms. The summed E-state index contributed by atoms with van der Waals surface area (Å²) >= 11 is 0. The summed E-state index contributed by atoms with van der Waals surface area (Å²) < 4.78 is 42.8. The van der Waals surface area contributed by atoms with Gasteiger partial charge in [-0.15, -0.1) is 0 Å². The van der Waals surface area contributed by atoms with Crippen molar-refractivity contribution in [1.82, 2.24) is 4.90 Å². The Bertz CT molecular complexity index is 581. The van der Waals surface area contributed by atoms with E-state index >= 15 is 0 Å². The molecule has 1 aromatic rings. The third-order valence-electron chi connectivity index (χ3n) is 3.38. The van der Waals surface area contributed by atoms with Crippen LogP contribution in [0.25, 0.3) is 5.57 Å². The van der Waals surface area contributed by atoms with Gasteiger partial charge in [0.25, 0.3) is 10.1 Å². The third kappa shape index (κ3) is 4.70. The normalized spacial score (nSPS) is 17.0. The number of nitrogens with zero attached hydrogens (tertiary/aromatic N) is 1. The largest absolute Gasteiger partial charge is 0.299 e. The summed E-state index contributed by atoms with van der Waals surface area (Å²) in [5.41, 5.74) is 2.22. The van der Waals surface area contributed by atoms with Gasteiger partial charge in [-0.25, -0.2) is 4.39 Å². The van der Waals surface area contributed by atoms with Crippen molar-refractivity contribution >= 4 is 15.7 Å². The molecule has 1 N–H and O–H groups in total. The summed E-state index contributed by atoms with van der Waals surface area (Å²) in [6.45, 7) is 2.24. The van der Waals surface area contributed by atoms with Crippen LogP contribution in [-0.4, -0.2) is 43.3 Å². The Balaban J connectivity index is 1.85. The molecule has 1 aromatic carbocycles. The van der Waals surface area contributed by atoms with Crippen LogP contribution in [0.15, 0.2) is 30.3 Å². The van der Waals surface area contributed by atoms with E-state index in [1.54, 1.807) is 12.1 Å². The van der Waals surface area contributed by atoms with Crippen molar-refractivity contribution in [2.24, 2.45) is 0 Å². The molecule has 0 spiro atoms. The van der Waals surface area contributed by atoms with E-state index in [0.29, 0.717) is 13.0 Å². The summed E-state index contributed by atoms with van der Waals surface area (Å²) in [6.07, 6.45) is 3.38. The van der Waals surface area contributed by atoms with Gasteiger partial charge in [-0.1, -0.05) is 18.2 Å². The first-order valence-electron chi connectivity index (χ1n) is 6.56. The molecule has 0 radical (unpaired) electrons. The number of hydrogen-bond donors (Lipinski definition) is 1. The maximum absolute atomic E-state index is 12.9. The molecule has 6 heteroatoms. The molecule has 0 saturated carbocycles. The molecule has 110 valence electrons. The summed E-state index contributed by atoms with van der Waals surface area (Å²) in [5.74, 6) is -0.435. The predicted octanol–water partition coefficient (Wildman–Crippen LogP) is 2.19. The van der Waals surface area contributed by atoms with Crippen molar-refractivity contribution in [2.75, 3.05) is 25.4 Å². The molecular formula is C14H18FNO3S. The first-order chi connectivity index (χ1) is 9.44. The van der Waals surface area contributed by atoms with E-state index in [4.69, 9.17) is 4.55 Å².